The maximum Gasteiger partial charge on any atom is 0.257 e. The van der Waals surface area contributed by atoms with Crippen LogP contribution in [0.5, 0.6) is 0 Å². The molecule has 0 fully saturated rings. The van der Waals surface area contributed by atoms with E-state index in [1.165, 1.54) is 0 Å². The van der Waals surface area contributed by atoms with E-state index in [1.54, 1.807) is 18.6 Å². The number of halogens is 1. The van der Waals surface area contributed by atoms with Crippen molar-refractivity contribution in [2.24, 2.45) is 20.4 Å². The third-order valence-electron chi connectivity index (χ3n) is 6.57. The lowest BCUT2D eigenvalue weighted by atomic mass is 10.1. The van der Waals surface area contributed by atoms with Crippen molar-refractivity contribution in [3.8, 4) is 0 Å². The lowest BCUT2D eigenvalue weighted by Gasteiger charge is -2.05. The standard InChI is InChI=1S/C34H26N6.ClH/c1-4-19-31-25(10-1)13-7-16-28(31)22-35-38-34(39-36-23-29-17-8-14-26-11-2-5-20-32(26)29)40-37-24-30-18-9-15-27-12-3-6-21-33(27)30;/h1-24H,(H2,38,39,40);1H. The van der Waals surface area contributed by atoms with Crippen LogP contribution in [0.15, 0.2) is 148 Å². The van der Waals surface area contributed by atoms with Gasteiger partial charge in [-0.05, 0) is 32.3 Å². The monoisotopic (exact) mass is 554 g/mol. The van der Waals surface area contributed by atoms with E-state index in [2.05, 4.69) is 85.9 Å². The van der Waals surface area contributed by atoms with Crippen LogP contribution in [0.3, 0.4) is 0 Å². The summed E-state index contributed by atoms with van der Waals surface area (Å²) >= 11 is 0. The third-order valence-corrected chi connectivity index (χ3v) is 6.57. The molecule has 0 aliphatic rings. The summed E-state index contributed by atoms with van der Waals surface area (Å²) in [5.74, 6) is 0.282. The molecule has 0 bridgehead atoms. The van der Waals surface area contributed by atoms with Gasteiger partial charge in [-0.2, -0.15) is 15.3 Å². The molecule has 0 aliphatic carbocycles. The molecule has 7 heteroatoms. The first-order valence-corrected chi connectivity index (χ1v) is 13.0. The van der Waals surface area contributed by atoms with Crippen molar-refractivity contribution < 1.29 is 0 Å². The smallest absolute Gasteiger partial charge is 0.244 e. The highest BCUT2D eigenvalue weighted by Gasteiger charge is 2.01. The Morgan fingerprint density at radius 3 is 1.24 bits per heavy atom. The largest absolute Gasteiger partial charge is 0.257 e. The van der Waals surface area contributed by atoms with Gasteiger partial charge in [-0.15, -0.1) is 17.5 Å². The molecule has 0 amide bonds. The summed E-state index contributed by atoms with van der Waals surface area (Å²) in [6, 6.07) is 42.9. The summed E-state index contributed by atoms with van der Waals surface area (Å²) in [5, 5.41) is 24.3. The maximum atomic E-state index is 4.43. The molecule has 0 radical (unpaired) electrons. The number of hydrogen-bond donors (Lipinski definition) is 2. The van der Waals surface area contributed by atoms with Crippen LogP contribution in [0.2, 0.25) is 0 Å². The number of guanidine groups is 1. The highest BCUT2D eigenvalue weighted by molar-refractivity contribution is 6.02. The Labute approximate surface area is 244 Å². The second kappa shape index (κ2) is 13.2. The second-order valence-electron chi connectivity index (χ2n) is 9.14. The summed E-state index contributed by atoms with van der Waals surface area (Å²) in [5.41, 5.74) is 8.87. The van der Waals surface area contributed by atoms with E-state index in [-0.39, 0.29) is 18.4 Å². The number of hydrazone groups is 2. The van der Waals surface area contributed by atoms with Gasteiger partial charge in [-0.3, -0.25) is 0 Å². The third kappa shape index (κ3) is 6.46. The van der Waals surface area contributed by atoms with Crippen molar-refractivity contribution in [1.82, 2.24) is 10.9 Å². The van der Waals surface area contributed by atoms with Gasteiger partial charge in [-0.25, -0.2) is 10.9 Å². The summed E-state index contributed by atoms with van der Waals surface area (Å²) < 4.78 is 0. The molecule has 0 aromatic heterocycles. The van der Waals surface area contributed by atoms with Gasteiger partial charge >= 0.3 is 0 Å². The van der Waals surface area contributed by atoms with Gasteiger partial charge in [0.1, 0.15) is 0 Å². The highest BCUT2D eigenvalue weighted by Crippen LogP contribution is 2.18. The predicted molar refractivity (Wildman–Crippen MR) is 176 cm³/mol. The fourth-order valence-corrected chi connectivity index (χ4v) is 4.63. The minimum atomic E-state index is 0. The highest BCUT2D eigenvalue weighted by atomic mass is 35.5. The van der Waals surface area contributed by atoms with Crippen LogP contribution in [0.25, 0.3) is 32.3 Å². The normalized spacial score (nSPS) is 11.4. The van der Waals surface area contributed by atoms with E-state index >= 15 is 0 Å². The molecular formula is C34H27ClN6. The van der Waals surface area contributed by atoms with E-state index in [0.717, 1.165) is 49.0 Å². The van der Waals surface area contributed by atoms with Gasteiger partial charge in [0.25, 0.3) is 5.96 Å². The molecule has 0 unspecified atom stereocenters. The minimum absolute atomic E-state index is 0. The zero-order valence-corrected chi connectivity index (χ0v) is 22.9. The number of nitrogens with zero attached hydrogens (tertiary/aromatic N) is 4. The molecular weight excluding hydrogens is 528 g/mol. The lowest BCUT2D eigenvalue weighted by Crippen LogP contribution is -2.30. The molecule has 6 aromatic carbocycles. The minimum Gasteiger partial charge on any atom is -0.244 e. The van der Waals surface area contributed by atoms with Crippen LogP contribution in [-0.2, 0) is 0 Å². The van der Waals surface area contributed by atoms with Crippen molar-refractivity contribution >= 4 is 69.3 Å². The summed E-state index contributed by atoms with van der Waals surface area (Å²) in [6.07, 6.45) is 5.26. The van der Waals surface area contributed by atoms with E-state index in [0.29, 0.717) is 0 Å². The molecule has 200 valence electrons. The summed E-state index contributed by atoms with van der Waals surface area (Å²) in [6.45, 7) is 0. The van der Waals surface area contributed by atoms with Crippen molar-refractivity contribution in [3.05, 3.63) is 144 Å². The van der Waals surface area contributed by atoms with Crippen LogP contribution in [0.1, 0.15) is 16.7 Å². The molecule has 0 atom stereocenters. The predicted octanol–water partition coefficient (Wildman–Crippen LogP) is 7.51. The van der Waals surface area contributed by atoms with Gasteiger partial charge in [0.2, 0.25) is 0 Å². The number of rotatable bonds is 6. The number of fused-ring (bicyclic) bond motifs is 3. The number of nitrogens with one attached hydrogen (secondary N) is 2. The Kier molecular flexibility index (Phi) is 8.74. The van der Waals surface area contributed by atoms with E-state index in [1.807, 2.05) is 72.8 Å². The molecule has 0 saturated carbocycles. The van der Waals surface area contributed by atoms with Crippen molar-refractivity contribution in [2.45, 2.75) is 0 Å². The summed E-state index contributed by atoms with van der Waals surface area (Å²) in [4.78, 5) is 0. The SMILES string of the molecule is C(=NN=C(NN=Cc1cccc2ccccc12)NN=Cc1cccc2ccccc12)c1cccc2ccccc12.Cl. The van der Waals surface area contributed by atoms with Crippen molar-refractivity contribution in [1.29, 1.82) is 0 Å². The van der Waals surface area contributed by atoms with Crippen LogP contribution in [-0.4, -0.2) is 24.6 Å². The van der Waals surface area contributed by atoms with Gasteiger partial charge in [0, 0.05) is 16.7 Å². The van der Waals surface area contributed by atoms with Gasteiger partial charge in [0.15, 0.2) is 0 Å². The zero-order chi connectivity index (χ0) is 27.0. The molecule has 2 N–H and O–H groups in total. The number of benzene rings is 6. The fourth-order valence-electron chi connectivity index (χ4n) is 4.63. The average molecular weight is 555 g/mol. The van der Waals surface area contributed by atoms with Crippen molar-refractivity contribution in [2.75, 3.05) is 0 Å². The maximum absolute atomic E-state index is 4.43. The van der Waals surface area contributed by atoms with Crippen LogP contribution in [0, 0.1) is 0 Å². The van der Waals surface area contributed by atoms with Crippen molar-refractivity contribution in [3.63, 3.8) is 0 Å². The topological polar surface area (TPSA) is 73.5 Å². The average Bonchev–Trinajstić information content (AvgIpc) is 3.01. The number of hydrogen-bond acceptors (Lipinski definition) is 4. The van der Waals surface area contributed by atoms with E-state index in [4.69, 9.17) is 0 Å². The second-order valence-corrected chi connectivity index (χ2v) is 9.14. The van der Waals surface area contributed by atoms with Crippen LogP contribution >= 0.6 is 12.4 Å². The van der Waals surface area contributed by atoms with E-state index < -0.39 is 0 Å². The molecule has 6 nitrogen and oxygen atoms in total. The Balaban J connectivity index is 0.00000337. The van der Waals surface area contributed by atoms with Gasteiger partial charge in [0.05, 0.1) is 18.6 Å². The molecule has 0 heterocycles. The van der Waals surface area contributed by atoms with E-state index in [9.17, 15) is 0 Å². The molecule has 41 heavy (non-hydrogen) atoms. The first kappa shape index (κ1) is 27.2. The molecule has 0 aliphatic heterocycles. The Bertz CT molecular complexity index is 1820. The lowest BCUT2D eigenvalue weighted by molar-refractivity contribution is 0.890. The molecule has 6 aromatic rings. The van der Waals surface area contributed by atoms with Gasteiger partial charge in [-0.1, -0.05) is 127 Å². The first-order chi connectivity index (χ1) is 19.8. The fraction of sp³-hybridized carbons (Fsp3) is 0. The Morgan fingerprint density at radius 1 is 0.439 bits per heavy atom. The summed E-state index contributed by atoms with van der Waals surface area (Å²) in [7, 11) is 0. The Morgan fingerprint density at radius 2 is 0.805 bits per heavy atom. The van der Waals surface area contributed by atoms with Crippen LogP contribution in [0.4, 0.5) is 0 Å². The quantitative estimate of drug-likeness (QED) is 0.127. The van der Waals surface area contributed by atoms with Crippen LogP contribution < -0.4 is 10.9 Å². The Hall–Kier alpha value is -5.33. The van der Waals surface area contributed by atoms with Gasteiger partial charge < -0.3 is 0 Å². The molecule has 0 saturated heterocycles. The zero-order valence-electron chi connectivity index (χ0n) is 22.1. The molecule has 6 rings (SSSR count). The first-order valence-electron chi connectivity index (χ1n) is 13.0. The molecule has 0 spiro atoms.